The standard InChI is InChI=1S/C17H16F2O/c1-2-12-6-8-13(9-7-12)10-14(20)11-15-16(18)4-3-5-17(15)19/h3-9H,2,10-11H2,1H3. The predicted molar refractivity (Wildman–Crippen MR) is 74.6 cm³/mol. The molecule has 2 rings (SSSR count). The largest absolute Gasteiger partial charge is 0.299 e. The van der Waals surface area contributed by atoms with Gasteiger partial charge < -0.3 is 0 Å². The molecule has 0 atom stereocenters. The Morgan fingerprint density at radius 1 is 0.900 bits per heavy atom. The number of rotatable bonds is 5. The smallest absolute Gasteiger partial charge is 0.141 e. The highest BCUT2D eigenvalue weighted by Gasteiger charge is 2.13. The van der Waals surface area contributed by atoms with Crippen molar-refractivity contribution in [2.45, 2.75) is 26.2 Å². The van der Waals surface area contributed by atoms with E-state index in [1.807, 2.05) is 24.3 Å². The number of carbonyl (C=O) groups is 1. The second kappa shape index (κ2) is 6.42. The molecule has 2 aromatic rings. The SMILES string of the molecule is CCc1ccc(CC(=O)Cc2c(F)cccc2F)cc1. The summed E-state index contributed by atoms with van der Waals surface area (Å²) in [4.78, 5) is 11.9. The fourth-order valence-electron chi connectivity index (χ4n) is 2.08. The first kappa shape index (κ1) is 14.4. The number of hydrogen-bond acceptors (Lipinski definition) is 1. The minimum atomic E-state index is -0.667. The van der Waals surface area contributed by atoms with Gasteiger partial charge in [-0.05, 0) is 29.7 Å². The molecule has 0 N–H and O–H groups in total. The van der Waals surface area contributed by atoms with Gasteiger partial charge in [-0.25, -0.2) is 8.78 Å². The quantitative estimate of drug-likeness (QED) is 0.808. The van der Waals surface area contributed by atoms with Crippen LogP contribution in [0.2, 0.25) is 0 Å². The maximum absolute atomic E-state index is 13.5. The van der Waals surface area contributed by atoms with Crippen LogP contribution in [-0.4, -0.2) is 5.78 Å². The summed E-state index contributed by atoms with van der Waals surface area (Å²) in [5, 5.41) is 0. The van der Waals surface area contributed by atoms with Gasteiger partial charge in [0.05, 0.1) is 0 Å². The lowest BCUT2D eigenvalue weighted by atomic mass is 10.0. The molecule has 0 unspecified atom stereocenters. The first-order valence-corrected chi connectivity index (χ1v) is 6.62. The van der Waals surface area contributed by atoms with Gasteiger partial charge in [-0.2, -0.15) is 0 Å². The minimum absolute atomic E-state index is 0.150. The highest BCUT2D eigenvalue weighted by atomic mass is 19.1. The van der Waals surface area contributed by atoms with E-state index in [4.69, 9.17) is 0 Å². The van der Waals surface area contributed by atoms with Crippen molar-refractivity contribution in [1.29, 1.82) is 0 Å². The summed E-state index contributed by atoms with van der Waals surface area (Å²) in [6.07, 6.45) is 0.917. The molecule has 104 valence electrons. The van der Waals surface area contributed by atoms with Crippen LogP contribution in [0, 0.1) is 11.6 Å². The van der Waals surface area contributed by atoms with Crippen LogP contribution in [-0.2, 0) is 24.1 Å². The molecule has 20 heavy (non-hydrogen) atoms. The molecule has 0 aliphatic heterocycles. The van der Waals surface area contributed by atoms with E-state index in [2.05, 4.69) is 6.92 Å². The van der Waals surface area contributed by atoms with Crippen LogP contribution in [0.15, 0.2) is 42.5 Å². The Hall–Kier alpha value is -2.03. The monoisotopic (exact) mass is 274 g/mol. The topological polar surface area (TPSA) is 17.1 Å². The first-order valence-electron chi connectivity index (χ1n) is 6.62. The van der Waals surface area contributed by atoms with Crippen molar-refractivity contribution < 1.29 is 13.6 Å². The molecule has 0 aliphatic carbocycles. The van der Waals surface area contributed by atoms with Gasteiger partial charge in [-0.3, -0.25) is 4.79 Å². The zero-order chi connectivity index (χ0) is 14.5. The average molecular weight is 274 g/mol. The molecule has 0 aliphatic rings. The third-order valence-electron chi connectivity index (χ3n) is 3.27. The zero-order valence-electron chi connectivity index (χ0n) is 11.3. The lowest BCUT2D eigenvalue weighted by molar-refractivity contribution is -0.117. The minimum Gasteiger partial charge on any atom is -0.299 e. The second-order valence-corrected chi connectivity index (χ2v) is 4.76. The van der Waals surface area contributed by atoms with Crippen LogP contribution < -0.4 is 0 Å². The van der Waals surface area contributed by atoms with Crippen molar-refractivity contribution in [1.82, 2.24) is 0 Å². The normalized spacial score (nSPS) is 10.6. The summed E-state index contributed by atoms with van der Waals surface area (Å²) in [6.45, 7) is 2.06. The summed E-state index contributed by atoms with van der Waals surface area (Å²) in [7, 11) is 0. The highest BCUT2D eigenvalue weighted by Crippen LogP contribution is 2.14. The highest BCUT2D eigenvalue weighted by molar-refractivity contribution is 5.83. The number of halogens is 2. The molecule has 0 radical (unpaired) electrons. The summed E-state index contributed by atoms with van der Waals surface area (Å²) in [5.41, 5.74) is 1.91. The van der Waals surface area contributed by atoms with E-state index in [0.717, 1.165) is 12.0 Å². The predicted octanol–water partition coefficient (Wildman–Crippen LogP) is 3.88. The van der Waals surface area contributed by atoms with Crippen LogP contribution in [0.3, 0.4) is 0 Å². The summed E-state index contributed by atoms with van der Waals surface area (Å²) < 4.78 is 26.9. The lowest BCUT2D eigenvalue weighted by Crippen LogP contribution is -2.09. The molecular weight excluding hydrogens is 258 g/mol. The molecule has 3 heteroatoms. The van der Waals surface area contributed by atoms with Gasteiger partial charge in [-0.1, -0.05) is 37.3 Å². The number of benzene rings is 2. The van der Waals surface area contributed by atoms with Crippen molar-refractivity contribution in [3.63, 3.8) is 0 Å². The summed E-state index contributed by atoms with van der Waals surface area (Å²) in [6, 6.07) is 11.3. The Bertz CT molecular complexity index is 583. The Morgan fingerprint density at radius 3 is 2.00 bits per heavy atom. The molecule has 0 heterocycles. The fraction of sp³-hybridized carbons (Fsp3) is 0.235. The molecule has 0 spiro atoms. The van der Waals surface area contributed by atoms with E-state index in [1.54, 1.807) is 0 Å². The van der Waals surface area contributed by atoms with Gasteiger partial charge in [0.25, 0.3) is 0 Å². The fourth-order valence-corrected chi connectivity index (χ4v) is 2.08. The van der Waals surface area contributed by atoms with Crippen LogP contribution >= 0.6 is 0 Å². The van der Waals surface area contributed by atoms with Gasteiger partial charge in [0.15, 0.2) is 0 Å². The Labute approximate surface area is 117 Å². The lowest BCUT2D eigenvalue weighted by Gasteiger charge is -2.05. The van der Waals surface area contributed by atoms with Crippen molar-refractivity contribution in [3.05, 3.63) is 70.8 Å². The zero-order valence-corrected chi connectivity index (χ0v) is 11.3. The van der Waals surface area contributed by atoms with Crippen LogP contribution in [0.4, 0.5) is 8.78 Å². The number of carbonyl (C=O) groups excluding carboxylic acids is 1. The van der Waals surface area contributed by atoms with Gasteiger partial charge in [0, 0.05) is 18.4 Å². The number of aryl methyl sites for hydroxylation is 1. The number of Topliss-reactive ketones (excluding diaryl/α,β-unsaturated/α-hetero) is 1. The number of hydrogen-bond donors (Lipinski definition) is 0. The third-order valence-corrected chi connectivity index (χ3v) is 3.27. The van der Waals surface area contributed by atoms with Crippen molar-refractivity contribution >= 4 is 5.78 Å². The maximum Gasteiger partial charge on any atom is 0.141 e. The molecule has 1 nitrogen and oxygen atoms in total. The molecule has 0 amide bonds. The molecule has 0 aromatic heterocycles. The van der Waals surface area contributed by atoms with E-state index < -0.39 is 11.6 Å². The maximum atomic E-state index is 13.5. The van der Waals surface area contributed by atoms with E-state index in [1.165, 1.54) is 23.8 Å². The Kier molecular flexibility index (Phi) is 4.61. The third kappa shape index (κ3) is 3.50. The van der Waals surface area contributed by atoms with Crippen LogP contribution in [0.25, 0.3) is 0 Å². The molecule has 0 saturated carbocycles. The van der Waals surface area contributed by atoms with E-state index in [9.17, 15) is 13.6 Å². The Morgan fingerprint density at radius 2 is 1.45 bits per heavy atom. The second-order valence-electron chi connectivity index (χ2n) is 4.76. The summed E-state index contributed by atoms with van der Waals surface area (Å²) in [5.74, 6) is -1.53. The van der Waals surface area contributed by atoms with Gasteiger partial charge >= 0.3 is 0 Å². The molecule has 0 saturated heterocycles. The number of ketones is 1. The van der Waals surface area contributed by atoms with Gasteiger partial charge in [0.2, 0.25) is 0 Å². The van der Waals surface area contributed by atoms with Crippen molar-refractivity contribution in [2.75, 3.05) is 0 Å². The molecular formula is C17H16F2O. The molecule has 2 aromatic carbocycles. The van der Waals surface area contributed by atoms with Crippen molar-refractivity contribution in [2.24, 2.45) is 0 Å². The van der Waals surface area contributed by atoms with Gasteiger partial charge in [-0.15, -0.1) is 0 Å². The summed E-state index contributed by atoms with van der Waals surface area (Å²) >= 11 is 0. The van der Waals surface area contributed by atoms with Crippen LogP contribution in [0.5, 0.6) is 0 Å². The molecule has 0 fully saturated rings. The first-order chi connectivity index (χ1) is 9.60. The average Bonchev–Trinajstić information content (AvgIpc) is 2.44. The van der Waals surface area contributed by atoms with E-state index in [-0.39, 0.29) is 24.2 Å². The van der Waals surface area contributed by atoms with E-state index in [0.29, 0.717) is 0 Å². The molecule has 0 bridgehead atoms. The van der Waals surface area contributed by atoms with E-state index >= 15 is 0 Å². The van der Waals surface area contributed by atoms with Crippen molar-refractivity contribution in [3.8, 4) is 0 Å². The van der Waals surface area contributed by atoms with Gasteiger partial charge in [0.1, 0.15) is 17.4 Å². The van der Waals surface area contributed by atoms with Crippen LogP contribution in [0.1, 0.15) is 23.6 Å². The Balaban J connectivity index is 2.05.